The predicted octanol–water partition coefficient (Wildman–Crippen LogP) is 8.75. The molecule has 11 heteroatoms. The van der Waals surface area contributed by atoms with Gasteiger partial charge in [0.15, 0.2) is 8.32 Å². The standard InChI is InChI=1S/C15H30O2Si.C13H18F6O2/c1-6-15(11-7-8-13-16)12-9-10-14(2)17-18(3,4)5;1-10(2,6-3-4-9-20)7-5-8-11(21,12(14,15)16)13(17,18)19/h9-10,13-15H,6-8,11-12H2,1-5H3;5,8-9,21H,3-4,6-7H2,1-2H3/b;8-5+. The molecule has 0 amide bonds. The summed E-state index contributed by atoms with van der Waals surface area (Å²) in [5, 5.41) is 8.91. The summed E-state index contributed by atoms with van der Waals surface area (Å²) in [6, 6.07) is 0. The third-order valence-corrected chi connectivity index (χ3v) is 7.08. The van der Waals surface area contributed by atoms with Crippen molar-refractivity contribution in [3.05, 3.63) is 24.3 Å². The third kappa shape index (κ3) is 18.5. The van der Waals surface area contributed by atoms with Crippen LogP contribution in [0.2, 0.25) is 19.6 Å². The van der Waals surface area contributed by atoms with Crippen LogP contribution in [0.1, 0.15) is 85.5 Å². The van der Waals surface area contributed by atoms with Gasteiger partial charge >= 0.3 is 12.4 Å². The van der Waals surface area contributed by atoms with E-state index >= 15 is 0 Å². The molecule has 0 spiro atoms. The van der Waals surface area contributed by atoms with E-state index in [9.17, 15) is 35.9 Å². The van der Waals surface area contributed by atoms with Crippen molar-refractivity contribution in [1.82, 2.24) is 0 Å². The number of hydrogen-bond acceptors (Lipinski definition) is 4. The molecule has 0 saturated carbocycles. The summed E-state index contributed by atoms with van der Waals surface area (Å²) in [5.41, 5.74) is -5.42. The quantitative estimate of drug-likeness (QED) is 0.0605. The Labute approximate surface area is 231 Å². The fourth-order valence-corrected chi connectivity index (χ4v) is 4.90. The zero-order chi connectivity index (χ0) is 31.0. The molecule has 2 unspecified atom stereocenters. The van der Waals surface area contributed by atoms with Crippen LogP contribution in [0.4, 0.5) is 26.3 Å². The molecular weight excluding hydrogens is 542 g/mol. The molecule has 0 aliphatic heterocycles. The normalized spacial score (nSPS) is 15.2. The molecule has 0 rings (SSSR count). The Bertz CT molecular complexity index is 726. The number of allylic oxidation sites excluding steroid dienone is 2. The monoisotopic (exact) mass is 590 g/mol. The van der Waals surface area contributed by atoms with Crippen LogP contribution in [0, 0.1) is 11.3 Å². The molecule has 4 nitrogen and oxygen atoms in total. The number of aldehydes is 2. The van der Waals surface area contributed by atoms with Crippen molar-refractivity contribution >= 4 is 20.9 Å². The lowest BCUT2D eigenvalue weighted by atomic mass is 9.83. The van der Waals surface area contributed by atoms with Crippen LogP contribution in [0.3, 0.4) is 0 Å². The molecule has 0 bridgehead atoms. The summed E-state index contributed by atoms with van der Waals surface area (Å²) in [4.78, 5) is 20.4. The summed E-state index contributed by atoms with van der Waals surface area (Å²) >= 11 is 0. The largest absolute Gasteiger partial charge is 0.429 e. The van der Waals surface area contributed by atoms with Crippen LogP contribution in [0.15, 0.2) is 24.3 Å². The topological polar surface area (TPSA) is 63.6 Å². The van der Waals surface area contributed by atoms with E-state index in [0.717, 1.165) is 25.5 Å². The van der Waals surface area contributed by atoms with Gasteiger partial charge in [0.05, 0.1) is 6.10 Å². The van der Waals surface area contributed by atoms with Crippen molar-refractivity contribution in [3.8, 4) is 0 Å². The SMILES string of the molecule is CC(C)(C/C=C/C(O)(C(F)(F)F)C(F)(F)F)CCCC=O.CCC(CC=CC(C)O[Si](C)(C)C)CCCC=O. The number of rotatable bonds is 17. The zero-order valence-electron chi connectivity index (χ0n) is 24.4. The highest BCUT2D eigenvalue weighted by molar-refractivity contribution is 6.69. The van der Waals surface area contributed by atoms with Crippen LogP contribution in [0.25, 0.3) is 0 Å². The Hall–Kier alpha value is -1.46. The van der Waals surface area contributed by atoms with E-state index in [2.05, 4.69) is 45.6 Å². The molecule has 0 fully saturated rings. The summed E-state index contributed by atoms with van der Waals surface area (Å²) in [6.45, 7) is 14.3. The Balaban J connectivity index is 0. The van der Waals surface area contributed by atoms with Crippen molar-refractivity contribution in [2.24, 2.45) is 11.3 Å². The molecule has 2 atom stereocenters. The van der Waals surface area contributed by atoms with E-state index in [0.29, 0.717) is 37.5 Å². The second kappa shape index (κ2) is 18.1. The Kier molecular flexibility index (Phi) is 18.4. The highest BCUT2D eigenvalue weighted by Crippen LogP contribution is 2.44. The van der Waals surface area contributed by atoms with Crippen LogP contribution in [-0.2, 0) is 14.0 Å². The molecule has 1 N–H and O–H groups in total. The van der Waals surface area contributed by atoms with Crippen molar-refractivity contribution < 1.29 is 45.5 Å². The minimum Gasteiger partial charge on any atom is -0.412 e. The molecule has 39 heavy (non-hydrogen) atoms. The van der Waals surface area contributed by atoms with Crippen LogP contribution in [-0.4, -0.2) is 50.1 Å². The molecule has 0 aliphatic carbocycles. The molecule has 0 aromatic heterocycles. The molecule has 0 aromatic rings. The fraction of sp³-hybridized carbons (Fsp3) is 0.786. The van der Waals surface area contributed by atoms with Crippen molar-refractivity contribution in [2.75, 3.05) is 0 Å². The van der Waals surface area contributed by atoms with Crippen molar-refractivity contribution in [3.63, 3.8) is 0 Å². The Morgan fingerprint density at radius 1 is 0.897 bits per heavy atom. The van der Waals surface area contributed by atoms with E-state index in [1.807, 2.05) is 0 Å². The number of unbranched alkanes of at least 4 members (excludes halogenated alkanes) is 2. The maximum absolute atomic E-state index is 12.4. The second-order valence-corrected chi connectivity index (χ2v) is 16.0. The van der Waals surface area contributed by atoms with Crippen LogP contribution < -0.4 is 0 Å². The first kappa shape index (κ1) is 39.7. The van der Waals surface area contributed by atoms with Gasteiger partial charge in [0.2, 0.25) is 0 Å². The third-order valence-electron chi connectivity index (χ3n) is 6.00. The number of hydrogen-bond donors (Lipinski definition) is 1. The van der Waals surface area contributed by atoms with Crippen LogP contribution in [0.5, 0.6) is 0 Å². The van der Waals surface area contributed by atoms with E-state index in [-0.39, 0.29) is 25.0 Å². The summed E-state index contributed by atoms with van der Waals surface area (Å²) in [7, 11) is -1.42. The van der Waals surface area contributed by atoms with Crippen LogP contribution >= 0.6 is 0 Å². The predicted molar refractivity (Wildman–Crippen MR) is 146 cm³/mol. The first-order chi connectivity index (χ1) is 17.7. The van der Waals surface area contributed by atoms with Crippen molar-refractivity contribution in [2.45, 2.75) is 129 Å². The van der Waals surface area contributed by atoms with E-state index in [4.69, 9.17) is 9.53 Å². The summed E-state index contributed by atoms with van der Waals surface area (Å²) < 4.78 is 80.4. The number of alkyl halides is 6. The van der Waals surface area contributed by atoms with Gasteiger partial charge < -0.3 is 19.1 Å². The minimum absolute atomic E-state index is 0.0830. The van der Waals surface area contributed by atoms with Gasteiger partial charge in [-0.3, -0.25) is 0 Å². The first-order valence-electron chi connectivity index (χ1n) is 13.4. The molecule has 0 heterocycles. The smallest absolute Gasteiger partial charge is 0.412 e. The molecular formula is C28H48F6O4Si. The minimum atomic E-state index is -5.84. The van der Waals surface area contributed by atoms with E-state index in [1.54, 1.807) is 13.8 Å². The lowest BCUT2D eigenvalue weighted by Gasteiger charge is -2.30. The lowest BCUT2D eigenvalue weighted by Crippen LogP contribution is -2.55. The number of halogens is 6. The highest BCUT2D eigenvalue weighted by Gasteiger charge is 2.68. The van der Waals surface area contributed by atoms with E-state index in [1.165, 1.54) is 6.42 Å². The maximum atomic E-state index is 12.4. The average molecular weight is 591 g/mol. The number of carbonyl (C=O) groups excluding carboxylic acids is 2. The second-order valence-electron chi connectivity index (χ2n) is 11.6. The van der Waals surface area contributed by atoms with Gasteiger partial charge in [-0.05, 0) is 82.5 Å². The van der Waals surface area contributed by atoms with Gasteiger partial charge in [-0.15, -0.1) is 0 Å². The molecule has 0 saturated heterocycles. The van der Waals surface area contributed by atoms with Gasteiger partial charge in [0, 0.05) is 12.8 Å². The maximum Gasteiger partial charge on any atom is 0.429 e. The lowest BCUT2D eigenvalue weighted by molar-refractivity contribution is -0.347. The van der Waals surface area contributed by atoms with Gasteiger partial charge in [-0.1, -0.05) is 45.4 Å². The molecule has 0 aliphatic rings. The fourth-order valence-electron chi connectivity index (χ4n) is 3.70. The van der Waals surface area contributed by atoms with Gasteiger partial charge in [-0.2, -0.15) is 26.3 Å². The van der Waals surface area contributed by atoms with E-state index < -0.39 is 31.7 Å². The number of aliphatic hydroxyl groups is 1. The van der Waals surface area contributed by atoms with Crippen molar-refractivity contribution in [1.29, 1.82) is 0 Å². The average Bonchev–Trinajstić information content (AvgIpc) is 2.75. The zero-order valence-corrected chi connectivity index (χ0v) is 25.4. The summed E-state index contributed by atoms with van der Waals surface area (Å²) in [6.07, 6.45) is 1.44. The molecule has 0 aromatic carbocycles. The highest BCUT2D eigenvalue weighted by atomic mass is 28.4. The van der Waals surface area contributed by atoms with Gasteiger partial charge in [-0.25, -0.2) is 0 Å². The number of carbonyl (C=O) groups is 2. The van der Waals surface area contributed by atoms with Gasteiger partial charge in [0.25, 0.3) is 5.60 Å². The Morgan fingerprint density at radius 3 is 1.85 bits per heavy atom. The summed E-state index contributed by atoms with van der Waals surface area (Å²) in [5.74, 6) is 0.709. The van der Waals surface area contributed by atoms with Gasteiger partial charge in [0.1, 0.15) is 12.6 Å². The first-order valence-corrected chi connectivity index (χ1v) is 16.8. The molecule has 0 radical (unpaired) electrons. The molecule has 230 valence electrons. The Morgan fingerprint density at radius 2 is 1.41 bits per heavy atom.